The zero-order chi connectivity index (χ0) is 16.1. The highest BCUT2D eigenvalue weighted by Crippen LogP contribution is 2.24. The molecule has 7 nitrogen and oxygen atoms in total. The molecule has 0 saturated heterocycles. The van der Waals surface area contributed by atoms with Gasteiger partial charge < -0.3 is 19.8 Å². The molecule has 2 N–H and O–H groups in total. The summed E-state index contributed by atoms with van der Waals surface area (Å²) in [7, 11) is 3.58. The van der Waals surface area contributed by atoms with Gasteiger partial charge in [-0.25, -0.2) is 0 Å². The standard InChI is InChI=1S/C13H19Cl2N7.HI/c1-4-22-8-19-20-11(22)7-18-13(16-2)17-6-9-5-10(14)12(15)21(9)3;/h5,8H,4,6-7H2,1-3H3,(H2,16,17,18);1H. The van der Waals surface area contributed by atoms with Crippen molar-refractivity contribution in [3.63, 3.8) is 0 Å². The van der Waals surface area contributed by atoms with Crippen LogP contribution in [0.4, 0.5) is 0 Å². The maximum Gasteiger partial charge on any atom is 0.191 e. The van der Waals surface area contributed by atoms with Gasteiger partial charge in [0.15, 0.2) is 11.8 Å². The minimum absolute atomic E-state index is 0. The average Bonchev–Trinajstić information content (AvgIpc) is 3.08. The van der Waals surface area contributed by atoms with E-state index in [4.69, 9.17) is 23.2 Å². The number of aryl methyl sites for hydroxylation is 1. The number of aromatic nitrogens is 4. The van der Waals surface area contributed by atoms with Crippen LogP contribution in [0.1, 0.15) is 18.4 Å². The van der Waals surface area contributed by atoms with E-state index in [1.54, 1.807) is 13.4 Å². The Morgan fingerprint density at radius 2 is 2.00 bits per heavy atom. The Balaban J connectivity index is 0.00000264. The van der Waals surface area contributed by atoms with Crippen molar-refractivity contribution in [3.05, 3.63) is 34.1 Å². The fourth-order valence-corrected chi connectivity index (χ4v) is 2.41. The number of halogens is 3. The Labute approximate surface area is 162 Å². The van der Waals surface area contributed by atoms with Crippen LogP contribution in [0.15, 0.2) is 17.4 Å². The molecule has 0 radical (unpaired) electrons. The highest BCUT2D eigenvalue weighted by atomic mass is 127. The molecule has 0 unspecified atom stereocenters. The number of nitrogens with zero attached hydrogens (tertiary/aromatic N) is 5. The fraction of sp³-hybridized carbons (Fsp3) is 0.462. The maximum atomic E-state index is 6.05. The molecule has 2 aromatic rings. The molecule has 0 bridgehead atoms. The zero-order valence-corrected chi connectivity index (χ0v) is 17.0. The maximum absolute atomic E-state index is 6.05. The fourth-order valence-electron chi connectivity index (χ4n) is 2.00. The van der Waals surface area contributed by atoms with E-state index >= 15 is 0 Å². The van der Waals surface area contributed by atoms with Crippen LogP contribution in [0.25, 0.3) is 0 Å². The topological polar surface area (TPSA) is 72.1 Å². The van der Waals surface area contributed by atoms with Gasteiger partial charge in [0.05, 0.1) is 18.1 Å². The third-order valence-electron chi connectivity index (χ3n) is 3.33. The van der Waals surface area contributed by atoms with Crippen LogP contribution in [0.5, 0.6) is 0 Å². The van der Waals surface area contributed by atoms with Crippen LogP contribution in [0, 0.1) is 0 Å². The van der Waals surface area contributed by atoms with Crippen LogP contribution in [0.3, 0.4) is 0 Å². The minimum atomic E-state index is 0. The molecule has 10 heteroatoms. The highest BCUT2D eigenvalue weighted by molar-refractivity contribution is 14.0. The molecule has 0 spiro atoms. The molecule has 0 amide bonds. The van der Waals surface area contributed by atoms with Gasteiger partial charge in [0, 0.05) is 26.3 Å². The molecule has 23 heavy (non-hydrogen) atoms. The predicted octanol–water partition coefficient (Wildman–Crippen LogP) is 2.43. The molecule has 0 saturated carbocycles. The van der Waals surface area contributed by atoms with Crippen molar-refractivity contribution >= 4 is 53.1 Å². The van der Waals surface area contributed by atoms with Gasteiger partial charge in [-0.05, 0) is 13.0 Å². The lowest BCUT2D eigenvalue weighted by Gasteiger charge is -2.12. The van der Waals surface area contributed by atoms with E-state index in [-0.39, 0.29) is 24.0 Å². The van der Waals surface area contributed by atoms with Gasteiger partial charge in [0.2, 0.25) is 0 Å². The van der Waals surface area contributed by atoms with E-state index in [0.29, 0.717) is 29.2 Å². The quantitative estimate of drug-likeness (QED) is 0.399. The zero-order valence-electron chi connectivity index (χ0n) is 13.2. The van der Waals surface area contributed by atoms with Crippen molar-refractivity contribution < 1.29 is 0 Å². The molecule has 2 aromatic heterocycles. The summed E-state index contributed by atoms with van der Waals surface area (Å²) in [4.78, 5) is 4.18. The molecule has 0 aliphatic rings. The number of hydrogen-bond acceptors (Lipinski definition) is 3. The second-order valence-electron chi connectivity index (χ2n) is 4.65. The largest absolute Gasteiger partial charge is 0.351 e. The van der Waals surface area contributed by atoms with Crippen LogP contribution in [0.2, 0.25) is 10.2 Å². The van der Waals surface area contributed by atoms with Crippen LogP contribution in [-0.4, -0.2) is 32.3 Å². The Hall–Kier alpha value is -1.000. The van der Waals surface area contributed by atoms with Crippen LogP contribution in [-0.2, 0) is 26.7 Å². The van der Waals surface area contributed by atoms with Gasteiger partial charge >= 0.3 is 0 Å². The molecular weight excluding hydrogens is 452 g/mol. The van der Waals surface area contributed by atoms with Crippen molar-refractivity contribution in [1.82, 2.24) is 30.0 Å². The summed E-state index contributed by atoms with van der Waals surface area (Å²) in [5.74, 6) is 1.52. The van der Waals surface area contributed by atoms with E-state index in [0.717, 1.165) is 18.1 Å². The van der Waals surface area contributed by atoms with Crippen LogP contribution < -0.4 is 10.6 Å². The van der Waals surface area contributed by atoms with E-state index in [1.165, 1.54) is 0 Å². The summed E-state index contributed by atoms with van der Waals surface area (Å²) in [6, 6.07) is 1.83. The number of nitrogens with one attached hydrogen (secondary N) is 2. The van der Waals surface area contributed by atoms with E-state index in [9.17, 15) is 0 Å². The molecule has 2 heterocycles. The highest BCUT2D eigenvalue weighted by Gasteiger charge is 2.09. The summed E-state index contributed by atoms with van der Waals surface area (Å²) in [5.41, 5.74) is 0.967. The molecule has 0 aliphatic carbocycles. The Morgan fingerprint density at radius 1 is 1.30 bits per heavy atom. The van der Waals surface area contributed by atoms with Gasteiger partial charge in [0.25, 0.3) is 0 Å². The first-order valence-corrected chi connectivity index (χ1v) is 7.63. The van der Waals surface area contributed by atoms with Gasteiger partial charge in [-0.1, -0.05) is 23.2 Å². The molecule has 0 aliphatic heterocycles. The summed E-state index contributed by atoms with van der Waals surface area (Å²) in [6.45, 7) is 3.98. The second kappa shape index (κ2) is 9.33. The number of guanidine groups is 1. The average molecular weight is 472 g/mol. The third kappa shape index (κ3) is 4.98. The lowest BCUT2D eigenvalue weighted by Crippen LogP contribution is -2.37. The van der Waals surface area contributed by atoms with Crippen molar-refractivity contribution in [3.8, 4) is 0 Å². The summed E-state index contributed by atoms with van der Waals surface area (Å²) in [6.07, 6.45) is 1.71. The van der Waals surface area contributed by atoms with Gasteiger partial charge in [-0.15, -0.1) is 34.2 Å². The lowest BCUT2D eigenvalue weighted by molar-refractivity contribution is 0.667. The first kappa shape index (κ1) is 20.0. The smallest absolute Gasteiger partial charge is 0.191 e. The predicted molar refractivity (Wildman–Crippen MR) is 104 cm³/mol. The lowest BCUT2D eigenvalue weighted by atomic mass is 10.4. The van der Waals surface area contributed by atoms with Crippen molar-refractivity contribution in [2.75, 3.05) is 7.05 Å². The van der Waals surface area contributed by atoms with Crippen molar-refractivity contribution in [2.45, 2.75) is 26.6 Å². The molecule has 0 aromatic carbocycles. The molecule has 2 rings (SSSR count). The number of hydrogen-bond donors (Lipinski definition) is 2. The molecule has 0 fully saturated rings. The Bertz CT molecular complexity index is 665. The summed E-state index contributed by atoms with van der Waals surface area (Å²) < 4.78 is 3.80. The normalized spacial score (nSPS) is 11.3. The summed E-state index contributed by atoms with van der Waals surface area (Å²) >= 11 is 12.1. The first-order chi connectivity index (χ1) is 10.6. The van der Waals surface area contributed by atoms with Crippen molar-refractivity contribution in [2.24, 2.45) is 12.0 Å². The SMILES string of the molecule is CCn1cnnc1CNC(=NC)NCc1cc(Cl)c(Cl)n1C.I. The first-order valence-electron chi connectivity index (χ1n) is 6.87. The molecule has 0 atom stereocenters. The number of aliphatic imine (C=N–C) groups is 1. The minimum Gasteiger partial charge on any atom is -0.351 e. The Kier molecular flexibility index (Phi) is 8.13. The van der Waals surface area contributed by atoms with E-state index in [2.05, 4.69) is 25.8 Å². The molecular formula is C13H20Cl2IN7. The van der Waals surface area contributed by atoms with Gasteiger partial charge in [-0.2, -0.15) is 0 Å². The van der Waals surface area contributed by atoms with E-state index in [1.807, 2.05) is 29.2 Å². The monoisotopic (exact) mass is 471 g/mol. The van der Waals surface area contributed by atoms with Gasteiger partial charge in [-0.3, -0.25) is 4.99 Å². The third-order valence-corrected chi connectivity index (χ3v) is 4.17. The molecule has 128 valence electrons. The van der Waals surface area contributed by atoms with Crippen molar-refractivity contribution in [1.29, 1.82) is 0 Å². The Morgan fingerprint density at radius 3 is 2.57 bits per heavy atom. The second-order valence-corrected chi connectivity index (χ2v) is 5.41. The van der Waals surface area contributed by atoms with Crippen LogP contribution >= 0.6 is 47.2 Å². The van der Waals surface area contributed by atoms with E-state index < -0.39 is 0 Å². The van der Waals surface area contributed by atoms with Gasteiger partial charge in [0.1, 0.15) is 11.5 Å². The number of rotatable bonds is 5. The summed E-state index contributed by atoms with van der Waals surface area (Å²) in [5, 5.41) is 15.4.